The van der Waals surface area contributed by atoms with Crippen molar-refractivity contribution in [3.05, 3.63) is 0 Å². The zero-order valence-corrected chi connectivity index (χ0v) is 20.0. The lowest BCUT2D eigenvalue weighted by Crippen LogP contribution is -2.51. The fourth-order valence-corrected chi connectivity index (χ4v) is 5.04. The Morgan fingerprint density at radius 1 is 1.25 bits per heavy atom. The molecule has 2 saturated heterocycles. The van der Waals surface area contributed by atoms with Crippen LogP contribution in [0.1, 0.15) is 27.2 Å². The highest BCUT2D eigenvalue weighted by Gasteiger charge is 2.49. The van der Waals surface area contributed by atoms with Crippen LogP contribution in [0.5, 0.6) is 0 Å². The summed E-state index contributed by atoms with van der Waals surface area (Å²) in [7, 11) is -2.70. The maximum Gasteiger partial charge on any atom is 0.407 e. The number of nitrogens with zero attached hydrogens (tertiary/aromatic N) is 1. The fraction of sp³-hybridized carbons (Fsp3) is 0.842. The van der Waals surface area contributed by atoms with Gasteiger partial charge in [0.2, 0.25) is 5.91 Å². The molecule has 0 aliphatic carbocycles. The quantitative estimate of drug-likeness (QED) is 0.325. The molecule has 2 aliphatic rings. The van der Waals surface area contributed by atoms with Crippen molar-refractivity contribution in [1.29, 1.82) is 0 Å². The Kier molecular flexibility index (Phi) is 10.1. The zero-order chi connectivity index (χ0) is 23.8. The standard InChI is InChI=1S/C19H34N3O9P/c1-14(18(25)29-12-9-22-7-10-28-11-8-22)21-32(26)30-13-19(2,3)16(31-32)17(24)20-6-5-15(23)27-4/h14,16H,5-13H2,1-4H3,(H,20,24)(H,21,26)/t14-,16-,32?/m0/s1. The van der Waals surface area contributed by atoms with E-state index < -0.39 is 43.2 Å². The molecular formula is C19H34N3O9P. The van der Waals surface area contributed by atoms with Gasteiger partial charge in [0.25, 0.3) is 0 Å². The third-order valence-corrected chi connectivity index (χ3v) is 6.78. The number of ether oxygens (including phenoxy) is 3. The number of methoxy groups -OCH3 is 1. The molecule has 3 atom stereocenters. The molecule has 0 radical (unpaired) electrons. The van der Waals surface area contributed by atoms with Crippen LogP contribution in [0.4, 0.5) is 0 Å². The monoisotopic (exact) mass is 479 g/mol. The molecule has 32 heavy (non-hydrogen) atoms. The van der Waals surface area contributed by atoms with Crippen molar-refractivity contribution in [2.75, 3.05) is 59.7 Å². The van der Waals surface area contributed by atoms with E-state index in [1.54, 1.807) is 13.8 Å². The van der Waals surface area contributed by atoms with Gasteiger partial charge in [-0.05, 0) is 6.92 Å². The van der Waals surface area contributed by atoms with Crippen LogP contribution < -0.4 is 10.4 Å². The number of amides is 1. The van der Waals surface area contributed by atoms with Gasteiger partial charge in [0.1, 0.15) is 12.6 Å². The van der Waals surface area contributed by atoms with Crippen LogP contribution in [-0.4, -0.2) is 94.6 Å². The lowest BCUT2D eigenvalue weighted by atomic mass is 9.87. The molecule has 0 bridgehead atoms. The predicted octanol–water partition coefficient (Wildman–Crippen LogP) is 0.0689. The summed E-state index contributed by atoms with van der Waals surface area (Å²) in [5, 5.41) is 5.11. The van der Waals surface area contributed by atoms with Gasteiger partial charge in [0, 0.05) is 31.6 Å². The second-order valence-corrected chi connectivity index (χ2v) is 10.1. The summed E-state index contributed by atoms with van der Waals surface area (Å²) >= 11 is 0. The summed E-state index contributed by atoms with van der Waals surface area (Å²) in [4.78, 5) is 38.2. The number of carbonyl (C=O) groups excluding carboxylic acids is 3. The number of rotatable bonds is 10. The largest absolute Gasteiger partial charge is 0.469 e. The van der Waals surface area contributed by atoms with Crippen molar-refractivity contribution in [2.24, 2.45) is 5.41 Å². The number of esters is 2. The summed E-state index contributed by atoms with van der Waals surface area (Å²) < 4.78 is 39.0. The zero-order valence-electron chi connectivity index (χ0n) is 19.1. The average Bonchev–Trinajstić information content (AvgIpc) is 2.76. The summed E-state index contributed by atoms with van der Waals surface area (Å²) in [6.07, 6.45) is -1.12. The molecule has 12 nitrogen and oxygen atoms in total. The highest BCUT2D eigenvalue weighted by atomic mass is 31.2. The highest BCUT2D eigenvalue weighted by molar-refractivity contribution is 7.51. The first kappa shape index (κ1) is 26.7. The lowest BCUT2D eigenvalue weighted by molar-refractivity contribution is -0.146. The van der Waals surface area contributed by atoms with E-state index in [1.165, 1.54) is 14.0 Å². The van der Waals surface area contributed by atoms with Crippen molar-refractivity contribution in [1.82, 2.24) is 15.3 Å². The molecule has 2 N–H and O–H groups in total. The van der Waals surface area contributed by atoms with E-state index in [9.17, 15) is 18.9 Å². The van der Waals surface area contributed by atoms with E-state index in [4.69, 9.17) is 18.5 Å². The van der Waals surface area contributed by atoms with Crippen LogP contribution in [-0.2, 0) is 42.2 Å². The maximum atomic E-state index is 13.1. The molecule has 0 spiro atoms. The van der Waals surface area contributed by atoms with Crippen LogP contribution in [0.15, 0.2) is 0 Å². The Bertz CT molecular complexity index is 712. The SMILES string of the molecule is COC(=O)CCNC(=O)[C@@H]1OP(=O)(N[C@@H](C)C(=O)OCCN2CCOCC2)OCC1(C)C. The third-order valence-electron chi connectivity index (χ3n) is 5.12. The summed E-state index contributed by atoms with van der Waals surface area (Å²) in [5.41, 5.74) is -0.785. The minimum atomic E-state index is -3.96. The molecule has 0 aromatic carbocycles. The Morgan fingerprint density at radius 2 is 1.94 bits per heavy atom. The summed E-state index contributed by atoms with van der Waals surface area (Å²) in [6.45, 7) is 8.57. The summed E-state index contributed by atoms with van der Waals surface area (Å²) in [5.74, 6) is -1.61. The van der Waals surface area contributed by atoms with E-state index in [0.29, 0.717) is 19.8 Å². The molecule has 1 unspecified atom stereocenters. The van der Waals surface area contributed by atoms with Crippen molar-refractivity contribution in [3.8, 4) is 0 Å². The van der Waals surface area contributed by atoms with E-state index >= 15 is 0 Å². The van der Waals surface area contributed by atoms with Gasteiger partial charge in [-0.3, -0.25) is 28.3 Å². The number of nitrogens with one attached hydrogen (secondary N) is 2. The smallest absolute Gasteiger partial charge is 0.407 e. The minimum Gasteiger partial charge on any atom is -0.469 e. The van der Waals surface area contributed by atoms with Gasteiger partial charge in [-0.15, -0.1) is 0 Å². The van der Waals surface area contributed by atoms with Crippen molar-refractivity contribution >= 4 is 25.6 Å². The second kappa shape index (κ2) is 12.1. The number of morpholine rings is 1. The third kappa shape index (κ3) is 8.09. The molecule has 2 fully saturated rings. The number of hydrogen-bond donors (Lipinski definition) is 2. The van der Waals surface area contributed by atoms with Crippen LogP contribution >= 0.6 is 7.75 Å². The molecule has 2 heterocycles. The van der Waals surface area contributed by atoms with Gasteiger partial charge in [-0.2, -0.15) is 0 Å². The molecule has 2 rings (SSSR count). The first-order chi connectivity index (χ1) is 15.1. The molecule has 0 aromatic heterocycles. The molecule has 0 aromatic rings. The van der Waals surface area contributed by atoms with Crippen LogP contribution in [0.3, 0.4) is 0 Å². The van der Waals surface area contributed by atoms with Gasteiger partial charge in [-0.25, -0.2) is 9.65 Å². The number of hydrogen-bond acceptors (Lipinski definition) is 10. The normalized spacial score (nSPS) is 26.7. The number of carbonyl (C=O) groups is 3. The Balaban J connectivity index is 1.85. The summed E-state index contributed by atoms with van der Waals surface area (Å²) in [6, 6.07) is -0.977. The first-order valence-electron chi connectivity index (χ1n) is 10.6. The topological polar surface area (TPSA) is 142 Å². The fourth-order valence-electron chi connectivity index (χ4n) is 3.11. The maximum absolute atomic E-state index is 13.1. The van der Waals surface area contributed by atoms with Gasteiger partial charge >= 0.3 is 19.7 Å². The molecular weight excluding hydrogens is 445 g/mol. The second-order valence-electron chi connectivity index (χ2n) is 8.33. The molecule has 0 saturated carbocycles. The molecule has 13 heteroatoms. The van der Waals surface area contributed by atoms with E-state index in [-0.39, 0.29) is 26.2 Å². The van der Waals surface area contributed by atoms with Crippen LogP contribution in [0, 0.1) is 5.41 Å². The van der Waals surface area contributed by atoms with Crippen molar-refractivity contribution in [3.63, 3.8) is 0 Å². The highest BCUT2D eigenvalue weighted by Crippen LogP contribution is 2.53. The van der Waals surface area contributed by atoms with E-state index in [0.717, 1.165) is 13.1 Å². The minimum absolute atomic E-state index is 0.00483. The molecule has 184 valence electrons. The van der Waals surface area contributed by atoms with Gasteiger partial charge in [0.05, 0.1) is 33.4 Å². The van der Waals surface area contributed by atoms with Gasteiger partial charge < -0.3 is 19.5 Å². The average molecular weight is 479 g/mol. The van der Waals surface area contributed by atoms with Crippen LogP contribution in [0.2, 0.25) is 0 Å². The van der Waals surface area contributed by atoms with E-state index in [2.05, 4.69) is 20.0 Å². The predicted molar refractivity (Wildman–Crippen MR) is 113 cm³/mol. The molecule has 2 aliphatic heterocycles. The van der Waals surface area contributed by atoms with Crippen molar-refractivity contribution < 1.29 is 42.2 Å². The Labute approximate surface area is 188 Å². The lowest BCUT2D eigenvalue weighted by Gasteiger charge is -2.40. The Hall–Kier alpha value is -1.56. The van der Waals surface area contributed by atoms with Gasteiger partial charge in [-0.1, -0.05) is 13.8 Å². The first-order valence-corrected chi connectivity index (χ1v) is 12.1. The van der Waals surface area contributed by atoms with E-state index in [1.807, 2.05) is 0 Å². The molecule has 1 amide bonds. The van der Waals surface area contributed by atoms with Gasteiger partial charge in [0.15, 0.2) is 6.10 Å². The Morgan fingerprint density at radius 3 is 2.59 bits per heavy atom. The van der Waals surface area contributed by atoms with Crippen LogP contribution in [0.25, 0.3) is 0 Å². The van der Waals surface area contributed by atoms with Crippen molar-refractivity contribution in [2.45, 2.75) is 39.3 Å².